The largest absolute Gasteiger partial charge is 0.366 e. The van der Waals surface area contributed by atoms with E-state index in [9.17, 15) is 4.79 Å². The molecule has 100 valence electrons. The first-order chi connectivity index (χ1) is 8.20. The molecule has 2 unspecified atom stereocenters. The minimum absolute atomic E-state index is 0.153. The maximum atomic E-state index is 12.4. The minimum Gasteiger partial charge on any atom is -0.366 e. The highest BCUT2D eigenvalue weighted by Crippen LogP contribution is 2.10. The van der Waals surface area contributed by atoms with Crippen LogP contribution in [0.1, 0.15) is 40.0 Å². The van der Waals surface area contributed by atoms with Gasteiger partial charge in [-0.3, -0.25) is 4.79 Å². The second-order valence-electron chi connectivity index (χ2n) is 4.71. The van der Waals surface area contributed by atoms with Crippen LogP contribution in [0.25, 0.3) is 0 Å². The highest BCUT2D eigenvalue weighted by molar-refractivity contribution is 5.81. The Morgan fingerprint density at radius 1 is 1.53 bits per heavy atom. The van der Waals surface area contributed by atoms with Crippen molar-refractivity contribution in [3.8, 4) is 0 Å². The number of hydrogen-bond donors (Lipinski definition) is 1. The van der Waals surface area contributed by atoms with Gasteiger partial charge in [0.05, 0.1) is 6.61 Å². The predicted octanol–water partition coefficient (Wildman–Crippen LogP) is 1.40. The quantitative estimate of drug-likeness (QED) is 0.765. The first kappa shape index (κ1) is 14.5. The van der Waals surface area contributed by atoms with Gasteiger partial charge in [0.25, 0.3) is 5.91 Å². The molecule has 1 amide bonds. The molecule has 0 saturated carbocycles. The predicted molar refractivity (Wildman–Crippen MR) is 69.0 cm³/mol. The zero-order valence-electron chi connectivity index (χ0n) is 11.4. The smallest absolute Gasteiger partial charge is 0.253 e. The van der Waals surface area contributed by atoms with Crippen LogP contribution < -0.4 is 5.32 Å². The van der Waals surface area contributed by atoms with Crippen LogP contribution in [0.5, 0.6) is 0 Å². The van der Waals surface area contributed by atoms with Gasteiger partial charge in [0.15, 0.2) is 0 Å². The van der Waals surface area contributed by atoms with E-state index in [1.807, 2.05) is 4.90 Å². The number of unbranched alkanes of at least 4 members (excludes halogenated alkanes) is 1. The van der Waals surface area contributed by atoms with Crippen LogP contribution in [0.2, 0.25) is 0 Å². The van der Waals surface area contributed by atoms with Crippen molar-refractivity contribution in [1.82, 2.24) is 10.2 Å². The van der Waals surface area contributed by atoms with Gasteiger partial charge in [-0.05, 0) is 19.8 Å². The van der Waals surface area contributed by atoms with Crippen molar-refractivity contribution < 1.29 is 9.53 Å². The standard InChI is InChI=1S/C13H26N2O2/c1-4-6-8-15(11(3)5-2)13(16)12-10-14-7-9-17-12/h11-12,14H,4-10H2,1-3H3. The summed E-state index contributed by atoms with van der Waals surface area (Å²) in [5.74, 6) is 0.153. The second kappa shape index (κ2) is 7.67. The minimum atomic E-state index is -0.283. The van der Waals surface area contributed by atoms with Crippen molar-refractivity contribution in [2.24, 2.45) is 0 Å². The van der Waals surface area contributed by atoms with Gasteiger partial charge in [-0.15, -0.1) is 0 Å². The summed E-state index contributed by atoms with van der Waals surface area (Å²) in [4.78, 5) is 14.4. The van der Waals surface area contributed by atoms with E-state index in [0.29, 0.717) is 19.2 Å². The van der Waals surface area contributed by atoms with E-state index in [4.69, 9.17) is 4.74 Å². The maximum Gasteiger partial charge on any atom is 0.253 e. The zero-order chi connectivity index (χ0) is 12.7. The summed E-state index contributed by atoms with van der Waals surface area (Å²) in [5, 5.41) is 3.21. The molecule has 4 heteroatoms. The Kier molecular flexibility index (Phi) is 6.52. The van der Waals surface area contributed by atoms with E-state index in [1.165, 1.54) is 0 Å². The van der Waals surface area contributed by atoms with Gasteiger partial charge in [0.2, 0.25) is 0 Å². The molecule has 17 heavy (non-hydrogen) atoms. The Bertz CT molecular complexity index is 227. The van der Waals surface area contributed by atoms with Crippen LogP contribution in [-0.2, 0) is 9.53 Å². The molecule has 2 atom stereocenters. The highest BCUT2D eigenvalue weighted by Gasteiger charge is 2.28. The van der Waals surface area contributed by atoms with E-state index in [1.54, 1.807) is 0 Å². The molecule has 4 nitrogen and oxygen atoms in total. The molecule has 0 aromatic rings. The van der Waals surface area contributed by atoms with Gasteiger partial charge < -0.3 is 15.0 Å². The maximum absolute atomic E-state index is 12.4. The molecule has 0 bridgehead atoms. The van der Waals surface area contributed by atoms with Gasteiger partial charge in [-0.1, -0.05) is 20.3 Å². The van der Waals surface area contributed by atoms with E-state index < -0.39 is 0 Å². The van der Waals surface area contributed by atoms with Crippen molar-refractivity contribution in [2.45, 2.75) is 52.2 Å². The first-order valence-electron chi connectivity index (χ1n) is 6.83. The number of hydrogen-bond acceptors (Lipinski definition) is 3. The van der Waals surface area contributed by atoms with Gasteiger partial charge >= 0.3 is 0 Å². The lowest BCUT2D eigenvalue weighted by Gasteiger charge is -2.33. The number of rotatable bonds is 6. The highest BCUT2D eigenvalue weighted by atomic mass is 16.5. The number of nitrogens with zero attached hydrogens (tertiary/aromatic N) is 1. The molecule has 1 heterocycles. The molecule has 0 radical (unpaired) electrons. The molecule has 1 aliphatic rings. The third kappa shape index (κ3) is 4.28. The summed E-state index contributed by atoms with van der Waals surface area (Å²) >= 11 is 0. The Hall–Kier alpha value is -0.610. The van der Waals surface area contributed by atoms with Crippen LogP contribution >= 0.6 is 0 Å². The van der Waals surface area contributed by atoms with Crippen molar-refractivity contribution in [1.29, 1.82) is 0 Å². The van der Waals surface area contributed by atoms with E-state index >= 15 is 0 Å². The average molecular weight is 242 g/mol. The molecule has 1 N–H and O–H groups in total. The molecule has 0 aliphatic carbocycles. The third-order valence-electron chi connectivity index (χ3n) is 3.36. The fourth-order valence-electron chi connectivity index (χ4n) is 2.01. The van der Waals surface area contributed by atoms with E-state index in [2.05, 4.69) is 26.1 Å². The number of carbonyl (C=O) groups is 1. The molecule has 1 aliphatic heterocycles. The van der Waals surface area contributed by atoms with Crippen molar-refractivity contribution in [3.63, 3.8) is 0 Å². The van der Waals surface area contributed by atoms with Crippen LogP contribution in [0.4, 0.5) is 0 Å². The summed E-state index contributed by atoms with van der Waals surface area (Å²) in [6.45, 7) is 9.38. The van der Waals surface area contributed by atoms with Crippen LogP contribution in [0, 0.1) is 0 Å². The number of amides is 1. The first-order valence-corrected chi connectivity index (χ1v) is 6.83. The van der Waals surface area contributed by atoms with Crippen molar-refractivity contribution >= 4 is 5.91 Å². The summed E-state index contributed by atoms with van der Waals surface area (Å²) in [7, 11) is 0. The summed E-state index contributed by atoms with van der Waals surface area (Å²) in [6.07, 6.45) is 2.89. The lowest BCUT2D eigenvalue weighted by atomic mass is 10.1. The van der Waals surface area contributed by atoms with Gasteiger partial charge in [0.1, 0.15) is 6.10 Å². The van der Waals surface area contributed by atoms with Gasteiger partial charge in [0, 0.05) is 25.7 Å². The lowest BCUT2D eigenvalue weighted by molar-refractivity contribution is -0.147. The van der Waals surface area contributed by atoms with Gasteiger partial charge in [-0.2, -0.15) is 0 Å². The molecule has 1 saturated heterocycles. The SMILES string of the molecule is CCCCN(C(=O)C1CNCCO1)C(C)CC. The Labute approximate surface area is 105 Å². The summed E-state index contributed by atoms with van der Waals surface area (Å²) in [6, 6.07) is 0.305. The molecule has 1 fully saturated rings. The number of nitrogens with one attached hydrogen (secondary N) is 1. The van der Waals surface area contributed by atoms with Gasteiger partial charge in [-0.25, -0.2) is 0 Å². The second-order valence-corrected chi connectivity index (χ2v) is 4.71. The lowest BCUT2D eigenvalue weighted by Crippen LogP contribution is -2.51. The fraction of sp³-hybridized carbons (Fsp3) is 0.923. The number of carbonyl (C=O) groups excluding carboxylic acids is 1. The molecular weight excluding hydrogens is 216 g/mol. The molecule has 1 rings (SSSR count). The summed E-state index contributed by atoms with van der Waals surface area (Å²) < 4.78 is 5.54. The van der Waals surface area contributed by atoms with Crippen LogP contribution in [0.3, 0.4) is 0 Å². The molecular formula is C13H26N2O2. The third-order valence-corrected chi connectivity index (χ3v) is 3.36. The Morgan fingerprint density at radius 2 is 2.29 bits per heavy atom. The Balaban J connectivity index is 2.56. The summed E-state index contributed by atoms with van der Waals surface area (Å²) in [5.41, 5.74) is 0. The monoisotopic (exact) mass is 242 g/mol. The zero-order valence-corrected chi connectivity index (χ0v) is 11.4. The average Bonchev–Trinajstić information content (AvgIpc) is 2.39. The van der Waals surface area contributed by atoms with E-state index in [0.717, 1.165) is 32.4 Å². The molecule has 0 aromatic heterocycles. The number of morpholine rings is 1. The van der Waals surface area contributed by atoms with Crippen molar-refractivity contribution in [3.05, 3.63) is 0 Å². The number of ether oxygens (including phenoxy) is 1. The Morgan fingerprint density at radius 3 is 2.82 bits per heavy atom. The fourth-order valence-corrected chi connectivity index (χ4v) is 2.01. The van der Waals surface area contributed by atoms with E-state index in [-0.39, 0.29) is 12.0 Å². The molecule has 0 spiro atoms. The normalized spacial score (nSPS) is 22.2. The van der Waals surface area contributed by atoms with Crippen LogP contribution in [-0.4, -0.2) is 49.2 Å². The topological polar surface area (TPSA) is 41.6 Å². The van der Waals surface area contributed by atoms with Crippen LogP contribution in [0.15, 0.2) is 0 Å². The van der Waals surface area contributed by atoms with Crippen molar-refractivity contribution in [2.75, 3.05) is 26.2 Å². The molecule has 0 aromatic carbocycles.